The van der Waals surface area contributed by atoms with E-state index >= 15 is 0 Å². The first-order valence-corrected chi connectivity index (χ1v) is 8.05. The topological polar surface area (TPSA) is 24.9 Å². The van der Waals surface area contributed by atoms with Crippen molar-refractivity contribution in [2.45, 2.75) is 58.9 Å². The molecule has 1 fully saturated rings. The van der Waals surface area contributed by atoms with Crippen molar-refractivity contribution in [2.24, 2.45) is 11.8 Å². The minimum atomic E-state index is 0.617. The molecule has 3 atom stereocenters. The number of aromatic nitrogens is 1. The summed E-state index contributed by atoms with van der Waals surface area (Å²) < 4.78 is 0. The molecule has 0 spiro atoms. The Morgan fingerprint density at radius 2 is 2.17 bits per heavy atom. The van der Waals surface area contributed by atoms with Crippen LogP contribution in [0.5, 0.6) is 0 Å². The van der Waals surface area contributed by atoms with E-state index in [2.05, 4.69) is 38.1 Å². The smallest absolute Gasteiger partial charge is 0.0946 e. The first kappa shape index (κ1) is 14.0. The molecule has 0 radical (unpaired) electrons. The van der Waals surface area contributed by atoms with Crippen molar-refractivity contribution in [2.75, 3.05) is 7.05 Å². The first-order valence-electron chi connectivity index (χ1n) is 7.24. The molecular weight excluding hydrogens is 240 g/mol. The highest BCUT2D eigenvalue weighted by Gasteiger charge is 2.29. The summed E-state index contributed by atoms with van der Waals surface area (Å²) in [7, 11) is 2.11. The van der Waals surface area contributed by atoms with E-state index in [1.165, 1.54) is 41.3 Å². The van der Waals surface area contributed by atoms with Crippen LogP contribution in [0.25, 0.3) is 0 Å². The van der Waals surface area contributed by atoms with Gasteiger partial charge in [-0.25, -0.2) is 4.98 Å². The van der Waals surface area contributed by atoms with Gasteiger partial charge in [-0.3, -0.25) is 0 Å². The van der Waals surface area contributed by atoms with Crippen LogP contribution in [0, 0.1) is 25.7 Å². The molecule has 1 aromatic rings. The molecule has 0 aliphatic heterocycles. The lowest BCUT2D eigenvalue weighted by atomic mass is 9.94. The highest BCUT2D eigenvalue weighted by molar-refractivity contribution is 7.11. The summed E-state index contributed by atoms with van der Waals surface area (Å²) in [5.41, 5.74) is 1.21. The number of rotatable bonds is 5. The molecule has 3 heteroatoms. The Labute approximate surface area is 115 Å². The van der Waals surface area contributed by atoms with Crippen LogP contribution in [-0.2, 0) is 6.42 Å². The standard InChI is InChI=1S/C15H26N2S/c1-5-12-6-7-13(8-12)14(16-4)9-15-17-10(2)11(3)18-15/h12-14,16H,5-9H2,1-4H3. The predicted octanol–water partition coefficient (Wildman–Crippen LogP) is 3.72. The second-order valence-electron chi connectivity index (χ2n) is 5.70. The lowest BCUT2D eigenvalue weighted by Crippen LogP contribution is -2.34. The van der Waals surface area contributed by atoms with Crippen LogP contribution in [0.2, 0.25) is 0 Å². The molecule has 1 aromatic heterocycles. The van der Waals surface area contributed by atoms with Crippen molar-refractivity contribution in [1.82, 2.24) is 10.3 Å². The van der Waals surface area contributed by atoms with Gasteiger partial charge in [0.25, 0.3) is 0 Å². The van der Waals surface area contributed by atoms with Crippen molar-refractivity contribution < 1.29 is 0 Å². The summed E-state index contributed by atoms with van der Waals surface area (Å²) >= 11 is 1.87. The molecule has 0 saturated heterocycles. The van der Waals surface area contributed by atoms with Gasteiger partial charge in [0.05, 0.1) is 10.7 Å². The molecule has 1 saturated carbocycles. The summed E-state index contributed by atoms with van der Waals surface area (Å²) in [5, 5.41) is 4.84. The zero-order valence-corrected chi connectivity index (χ0v) is 12.9. The maximum atomic E-state index is 4.69. The molecule has 1 aliphatic carbocycles. The molecular formula is C15H26N2S. The monoisotopic (exact) mass is 266 g/mol. The van der Waals surface area contributed by atoms with Crippen molar-refractivity contribution in [3.8, 4) is 0 Å². The second-order valence-corrected chi connectivity index (χ2v) is 6.98. The fourth-order valence-corrected chi connectivity index (χ4v) is 4.16. The molecule has 3 unspecified atom stereocenters. The molecule has 1 N–H and O–H groups in total. The van der Waals surface area contributed by atoms with E-state index in [4.69, 9.17) is 0 Å². The highest BCUT2D eigenvalue weighted by Crippen LogP contribution is 2.36. The van der Waals surface area contributed by atoms with Crippen molar-refractivity contribution >= 4 is 11.3 Å². The lowest BCUT2D eigenvalue weighted by molar-refractivity contribution is 0.361. The number of hydrogen-bond donors (Lipinski definition) is 1. The maximum Gasteiger partial charge on any atom is 0.0946 e. The second kappa shape index (κ2) is 6.16. The lowest BCUT2D eigenvalue weighted by Gasteiger charge is -2.22. The van der Waals surface area contributed by atoms with E-state index < -0.39 is 0 Å². The van der Waals surface area contributed by atoms with Crippen LogP contribution >= 0.6 is 11.3 Å². The normalized spacial score (nSPS) is 25.6. The Balaban J connectivity index is 1.97. The summed E-state index contributed by atoms with van der Waals surface area (Å²) in [5.74, 6) is 1.81. The molecule has 2 rings (SSSR count). The van der Waals surface area contributed by atoms with E-state index in [1.54, 1.807) is 0 Å². The van der Waals surface area contributed by atoms with Crippen molar-refractivity contribution in [3.05, 3.63) is 15.6 Å². The Kier molecular flexibility index (Phi) is 4.79. The van der Waals surface area contributed by atoms with E-state index in [0.717, 1.165) is 18.3 Å². The summed E-state index contributed by atoms with van der Waals surface area (Å²) in [6.07, 6.45) is 6.69. The van der Waals surface area contributed by atoms with Crippen LogP contribution in [0.1, 0.15) is 48.2 Å². The van der Waals surface area contributed by atoms with E-state index in [1.807, 2.05) is 11.3 Å². The zero-order chi connectivity index (χ0) is 13.1. The summed E-state index contributed by atoms with van der Waals surface area (Å²) in [6, 6.07) is 0.617. The molecule has 1 heterocycles. The summed E-state index contributed by atoms with van der Waals surface area (Å²) in [4.78, 5) is 6.06. The minimum Gasteiger partial charge on any atom is -0.316 e. The van der Waals surface area contributed by atoms with E-state index in [9.17, 15) is 0 Å². The number of nitrogens with one attached hydrogen (secondary N) is 1. The van der Waals surface area contributed by atoms with Gasteiger partial charge < -0.3 is 5.32 Å². The Hall–Kier alpha value is -0.410. The van der Waals surface area contributed by atoms with Gasteiger partial charge in [0, 0.05) is 17.3 Å². The van der Waals surface area contributed by atoms with Crippen LogP contribution in [0.15, 0.2) is 0 Å². The van der Waals surface area contributed by atoms with Crippen molar-refractivity contribution in [1.29, 1.82) is 0 Å². The Bertz CT molecular complexity index is 366. The minimum absolute atomic E-state index is 0.617. The first-order chi connectivity index (χ1) is 8.63. The molecule has 18 heavy (non-hydrogen) atoms. The van der Waals surface area contributed by atoms with Gasteiger partial charge in [-0.15, -0.1) is 11.3 Å². The van der Waals surface area contributed by atoms with Gasteiger partial charge in [-0.1, -0.05) is 19.8 Å². The van der Waals surface area contributed by atoms with Crippen LogP contribution in [0.3, 0.4) is 0 Å². The van der Waals surface area contributed by atoms with Crippen LogP contribution < -0.4 is 5.32 Å². The van der Waals surface area contributed by atoms with Gasteiger partial charge >= 0.3 is 0 Å². The van der Waals surface area contributed by atoms with Crippen LogP contribution in [-0.4, -0.2) is 18.1 Å². The molecule has 1 aliphatic rings. The van der Waals surface area contributed by atoms with Gasteiger partial charge in [-0.2, -0.15) is 0 Å². The Morgan fingerprint density at radius 1 is 1.39 bits per heavy atom. The zero-order valence-electron chi connectivity index (χ0n) is 12.1. The summed E-state index contributed by atoms with van der Waals surface area (Å²) in [6.45, 7) is 6.62. The number of likely N-dealkylation sites (N-methyl/N-ethyl adjacent to an activating group) is 1. The third-order valence-electron chi connectivity index (χ3n) is 4.57. The average Bonchev–Trinajstić information content (AvgIpc) is 2.94. The van der Waals surface area contributed by atoms with E-state index in [-0.39, 0.29) is 0 Å². The predicted molar refractivity (Wildman–Crippen MR) is 79.3 cm³/mol. The number of aryl methyl sites for hydroxylation is 2. The van der Waals surface area contributed by atoms with Gasteiger partial charge in [0.15, 0.2) is 0 Å². The number of thiazole rings is 1. The largest absolute Gasteiger partial charge is 0.316 e. The number of hydrogen-bond acceptors (Lipinski definition) is 3. The molecule has 0 aromatic carbocycles. The maximum absolute atomic E-state index is 4.69. The van der Waals surface area contributed by atoms with Gasteiger partial charge in [0.1, 0.15) is 0 Å². The molecule has 0 amide bonds. The van der Waals surface area contributed by atoms with Crippen molar-refractivity contribution in [3.63, 3.8) is 0 Å². The van der Waals surface area contributed by atoms with Gasteiger partial charge in [-0.05, 0) is 45.6 Å². The van der Waals surface area contributed by atoms with E-state index in [0.29, 0.717) is 6.04 Å². The molecule has 102 valence electrons. The fraction of sp³-hybridized carbons (Fsp3) is 0.800. The molecule has 0 bridgehead atoms. The number of nitrogens with zero attached hydrogens (tertiary/aromatic N) is 1. The quantitative estimate of drug-likeness (QED) is 0.878. The SMILES string of the molecule is CCC1CCC(C(Cc2nc(C)c(C)s2)NC)C1. The van der Waals surface area contributed by atoms with Crippen LogP contribution in [0.4, 0.5) is 0 Å². The molecule has 2 nitrogen and oxygen atoms in total. The highest BCUT2D eigenvalue weighted by atomic mass is 32.1. The average molecular weight is 266 g/mol. The van der Waals surface area contributed by atoms with Gasteiger partial charge in [0.2, 0.25) is 0 Å². The fourth-order valence-electron chi connectivity index (χ4n) is 3.17. The third-order valence-corrected chi connectivity index (χ3v) is 5.66. The Morgan fingerprint density at radius 3 is 2.67 bits per heavy atom. The third kappa shape index (κ3) is 3.12.